The molecule has 4 aromatic rings. The van der Waals surface area contributed by atoms with Gasteiger partial charge in [-0.1, -0.05) is 17.3 Å². The zero-order valence-electron chi connectivity index (χ0n) is 14.7. The first-order chi connectivity index (χ1) is 13.0. The summed E-state index contributed by atoms with van der Waals surface area (Å²) in [5.41, 5.74) is 2.17. The number of carbonyl (C=O) groups is 1. The Balaban J connectivity index is 1.55. The highest BCUT2D eigenvalue weighted by Crippen LogP contribution is 2.22. The van der Waals surface area contributed by atoms with Crippen LogP contribution < -0.4 is 5.32 Å². The van der Waals surface area contributed by atoms with Crippen molar-refractivity contribution in [2.75, 3.05) is 5.32 Å². The van der Waals surface area contributed by atoms with Gasteiger partial charge in [-0.25, -0.2) is 14.1 Å². The predicted octanol–water partition coefficient (Wildman–Crippen LogP) is 4.06. The molecule has 136 valence electrons. The van der Waals surface area contributed by atoms with Crippen LogP contribution in [-0.2, 0) is 0 Å². The first-order valence-corrected chi connectivity index (χ1v) is 8.38. The van der Waals surface area contributed by atoms with E-state index in [4.69, 9.17) is 4.52 Å². The first-order valence-electron chi connectivity index (χ1n) is 8.38. The van der Waals surface area contributed by atoms with Gasteiger partial charge in [-0.3, -0.25) is 4.79 Å². The van der Waals surface area contributed by atoms with Crippen molar-refractivity contribution in [1.29, 1.82) is 0 Å². The molecule has 0 saturated carbocycles. The summed E-state index contributed by atoms with van der Waals surface area (Å²) in [6.07, 6.45) is 3.26. The van der Waals surface area contributed by atoms with Gasteiger partial charge in [0, 0.05) is 23.1 Å². The van der Waals surface area contributed by atoms with E-state index in [0.717, 1.165) is 11.0 Å². The van der Waals surface area contributed by atoms with Gasteiger partial charge in [0.15, 0.2) is 5.65 Å². The Morgan fingerprint density at radius 3 is 2.85 bits per heavy atom. The van der Waals surface area contributed by atoms with Gasteiger partial charge in [0.2, 0.25) is 5.76 Å². The molecule has 8 heteroatoms. The second-order valence-corrected chi connectivity index (χ2v) is 6.36. The summed E-state index contributed by atoms with van der Waals surface area (Å²) in [5.74, 6) is -0.836. The van der Waals surface area contributed by atoms with Crippen molar-refractivity contribution < 1.29 is 13.7 Å². The van der Waals surface area contributed by atoms with Crippen molar-refractivity contribution >= 4 is 22.6 Å². The van der Waals surface area contributed by atoms with E-state index >= 15 is 0 Å². The summed E-state index contributed by atoms with van der Waals surface area (Å²) in [6, 6.07) is 9.35. The van der Waals surface area contributed by atoms with E-state index < -0.39 is 5.91 Å². The largest absolute Gasteiger partial charge is 0.350 e. The third kappa shape index (κ3) is 3.29. The molecule has 0 radical (unpaired) electrons. The molecule has 1 aromatic carbocycles. The van der Waals surface area contributed by atoms with Crippen LogP contribution in [0.3, 0.4) is 0 Å². The van der Waals surface area contributed by atoms with Gasteiger partial charge in [-0.2, -0.15) is 5.10 Å². The SMILES string of the molecule is CC(C)n1ncc2cc(NC(=O)c3cc(-c4cccc(F)c4)no3)cnc21. The first kappa shape index (κ1) is 16.9. The number of aromatic nitrogens is 4. The highest BCUT2D eigenvalue weighted by atomic mass is 19.1. The van der Waals surface area contributed by atoms with E-state index in [1.54, 1.807) is 30.6 Å². The Bertz CT molecular complexity index is 1130. The van der Waals surface area contributed by atoms with Crippen LogP contribution in [0.4, 0.5) is 10.1 Å². The van der Waals surface area contributed by atoms with Crippen molar-refractivity contribution in [3.05, 3.63) is 60.4 Å². The van der Waals surface area contributed by atoms with Gasteiger partial charge in [0.25, 0.3) is 5.91 Å². The zero-order valence-corrected chi connectivity index (χ0v) is 14.7. The van der Waals surface area contributed by atoms with Crippen LogP contribution in [0.2, 0.25) is 0 Å². The molecule has 1 N–H and O–H groups in total. The Labute approximate surface area is 153 Å². The summed E-state index contributed by atoms with van der Waals surface area (Å²) in [7, 11) is 0. The van der Waals surface area contributed by atoms with Crippen molar-refractivity contribution in [3.63, 3.8) is 0 Å². The van der Waals surface area contributed by atoms with Crippen molar-refractivity contribution in [2.24, 2.45) is 0 Å². The highest BCUT2D eigenvalue weighted by Gasteiger charge is 2.16. The van der Waals surface area contributed by atoms with E-state index in [1.165, 1.54) is 18.2 Å². The Kier molecular flexibility index (Phi) is 4.15. The molecule has 0 aliphatic rings. The van der Waals surface area contributed by atoms with Gasteiger partial charge < -0.3 is 9.84 Å². The molecule has 0 bridgehead atoms. The van der Waals surface area contributed by atoms with Gasteiger partial charge in [-0.15, -0.1) is 0 Å². The van der Waals surface area contributed by atoms with Gasteiger partial charge >= 0.3 is 0 Å². The molecule has 0 spiro atoms. The number of nitrogens with one attached hydrogen (secondary N) is 1. The number of halogens is 1. The topological polar surface area (TPSA) is 85.8 Å². The maximum Gasteiger partial charge on any atom is 0.294 e. The lowest BCUT2D eigenvalue weighted by Crippen LogP contribution is -2.11. The minimum atomic E-state index is -0.470. The molecule has 3 heterocycles. The fraction of sp³-hybridized carbons (Fsp3) is 0.158. The van der Waals surface area contributed by atoms with Gasteiger partial charge in [-0.05, 0) is 32.0 Å². The fourth-order valence-electron chi connectivity index (χ4n) is 2.75. The number of nitrogens with zero attached hydrogens (tertiary/aromatic N) is 4. The summed E-state index contributed by atoms with van der Waals surface area (Å²) >= 11 is 0. The molecule has 0 aliphatic heterocycles. The standard InChI is InChI=1S/C19H16FN5O2/c1-11(2)25-18-13(9-22-25)7-15(10-21-18)23-19(26)17-8-16(24-27-17)12-4-3-5-14(20)6-12/h3-11H,1-2H3,(H,23,26). The van der Waals surface area contributed by atoms with Crippen LogP contribution >= 0.6 is 0 Å². The molecule has 27 heavy (non-hydrogen) atoms. The van der Waals surface area contributed by atoms with Gasteiger partial charge in [0.1, 0.15) is 11.5 Å². The molecule has 0 saturated heterocycles. The molecule has 4 rings (SSSR count). The molecule has 0 aliphatic carbocycles. The molecule has 1 amide bonds. The normalized spacial score (nSPS) is 11.3. The number of amides is 1. The van der Waals surface area contributed by atoms with E-state index in [9.17, 15) is 9.18 Å². The summed E-state index contributed by atoms with van der Waals surface area (Å²) in [5, 5.41) is 11.7. The van der Waals surface area contributed by atoms with Crippen LogP contribution in [0.25, 0.3) is 22.3 Å². The number of hydrogen-bond acceptors (Lipinski definition) is 5. The average molecular weight is 365 g/mol. The number of carbonyl (C=O) groups excluding carboxylic acids is 1. The third-order valence-corrected chi connectivity index (χ3v) is 4.03. The minimum Gasteiger partial charge on any atom is -0.350 e. The van der Waals surface area contributed by atoms with E-state index in [1.807, 2.05) is 18.5 Å². The lowest BCUT2D eigenvalue weighted by Gasteiger charge is -2.06. The van der Waals surface area contributed by atoms with Crippen LogP contribution in [-0.4, -0.2) is 25.8 Å². The maximum absolute atomic E-state index is 13.3. The number of fused-ring (bicyclic) bond motifs is 1. The number of hydrogen-bond donors (Lipinski definition) is 1. The monoisotopic (exact) mass is 365 g/mol. The smallest absolute Gasteiger partial charge is 0.294 e. The van der Waals surface area contributed by atoms with Crippen molar-refractivity contribution in [1.82, 2.24) is 19.9 Å². The molecule has 3 aromatic heterocycles. The summed E-state index contributed by atoms with van der Waals surface area (Å²) in [4.78, 5) is 16.8. The van der Waals surface area contributed by atoms with Crippen molar-refractivity contribution in [2.45, 2.75) is 19.9 Å². The van der Waals surface area contributed by atoms with Crippen LogP contribution in [0.15, 0.2) is 53.3 Å². The van der Waals surface area contributed by atoms with Gasteiger partial charge in [0.05, 0.1) is 18.1 Å². The fourth-order valence-corrected chi connectivity index (χ4v) is 2.75. The quantitative estimate of drug-likeness (QED) is 0.589. The van der Waals surface area contributed by atoms with Crippen LogP contribution in [0.5, 0.6) is 0 Å². The predicted molar refractivity (Wildman–Crippen MR) is 97.8 cm³/mol. The minimum absolute atomic E-state index is 0.0206. The third-order valence-electron chi connectivity index (χ3n) is 4.03. The number of pyridine rings is 1. The zero-order chi connectivity index (χ0) is 19.0. The molecule has 7 nitrogen and oxygen atoms in total. The average Bonchev–Trinajstić information content (AvgIpc) is 3.29. The second-order valence-electron chi connectivity index (χ2n) is 6.36. The maximum atomic E-state index is 13.3. The Hall–Kier alpha value is -3.55. The number of anilines is 1. The van der Waals surface area contributed by atoms with Crippen LogP contribution in [0.1, 0.15) is 30.4 Å². The van der Waals surface area contributed by atoms with Crippen LogP contribution in [0, 0.1) is 5.82 Å². The summed E-state index contributed by atoms with van der Waals surface area (Å²) in [6.45, 7) is 4.04. The number of benzene rings is 1. The molecule has 0 atom stereocenters. The molecule has 0 unspecified atom stereocenters. The lowest BCUT2D eigenvalue weighted by atomic mass is 10.1. The summed E-state index contributed by atoms with van der Waals surface area (Å²) < 4.78 is 20.2. The van der Waals surface area contributed by atoms with E-state index in [2.05, 4.69) is 20.6 Å². The second kappa shape index (κ2) is 6.64. The molecular formula is C19H16FN5O2. The van der Waals surface area contributed by atoms with E-state index in [0.29, 0.717) is 16.9 Å². The highest BCUT2D eigenvalue weighted by molar-refractivity contribution is 6.03. The molecular weight excluding hydrogens is 349 g/mol. The van der Waals surface area contributed by atoms with E-state index in [-0.39, 0.29) is 17.6 Å². The number of rotatable bonds is 4. The Morgan fingerprint density at radius 2 is 2.07 bits per heavy atom. The van der Waals surface area contributed by atoms with Crippen molar-refractivity contribution in [3.8, 4) is 11.3 Å². The Morgan fingerprint density at radius 1 is 1.22 bits per heavy atom. The molecule has 0 fully saturated rings. The lowest BCUT2D eigenvalue weighted by molar-refractivity contribution is 0.0988.